The van der Waals surface area contributed by atoms with Gasteiger partial charge in [-0.25, -0.2) is 0 Å². The van der Waals surface area contributed by atoms with E-state index in [1.165, 1.54) is 0 Å². The van der Waals surface area contributed by atoms with Gasteiger partial charge in [0, 0.05) is 23.7 Å². The lowest BCUT2D eigenvalue weighted by Gasteiger charge is -2.06. The van der Waals surface area contributed by atoms with E-state index in [4.69, 9.17) is 16.0 Å². The second-order valence-electron chi connectivity index (χ2n) is 4.05. The maximum absolute atomic E-state index is 11.6. The van der Waals surface area contributed by atoms with E-state index in [0.717, 1.165) is 5.76 Å². The van der Waals surface area contributed by atoms with Crippen LogP contribution in [0.4, 0.5) is 5.69 Å². The first-order valence-corrected chi connectivity index (χ1v) is 6.40. The van der Waals surface area contributed by atoms with Gasteiger partial charge in [0.2, 0.25) is 0 Å². The Kier molecular flexibility index (Phi) is 4.79. The maximum Gasteiger partial charge on any atom is 0.313 e. The van der Waals surface area contributed by atoms with Crippen molar-refractivity contribution in [1.82, 2.24) is 5.32 Å². The average Bonchev–Trinajstić information content (AvgIpc) is 2.94. The number of amides is 2. The highest BCUT2D eigenvalue weighted by Crippen LogP contribution is 2.13. The van der Waals surface area contributed by atoms with Gasteiger partial charge in [0.1, 0.15) is 5.76 Å². The summed E-state index contributed by atoms with van der Waals surface area (Å²) in [4.78, 5) is 23.2. The molecule has 0 bridgehead atoms. The molecule has 2 aromatic rings. The van der Waals surface area contributed by atoms with E-state index in [-0.39, 0.29) is 0 Å². The van der Waals surface area contributed by atoms with Crippen molar-refractivity contribution >= 4 is 29.1 Å². The van der Waals surface area contributed by atoms with Crippen molar-refractivity contribution in [2.24, 2.45) is 0 Å². The average molecular weight is 293 g/mol. The van der Waals surface area contributed by atoms with Crippen molar-refractivity contribution in [3.05, 3.63) is 53.4 Å². The minimum atomic E-state index is -0.716. The van der Waals surface area contributed by atoms with Crippen molar-refractivity contribution in [1.29, 1.82) is 0 Å². The Bertz CT molecular complexity index is 579. The number of carbonyl (C=O) groups excluding carboxylic acids is 2. The lowest BCUT2D eigenvalue weighted by molar-refractivity contribution is -0.136. The lowest BCUT2D eigenvalue weighted by Crippen LogP contribution is -2.36. The number of halogens is 1. The second-order valence-corrected chi connectivity index (χ2v) is 4.48. The molecule has 0 fully saturated rings. The molecule has 1 heterocycles. The van der Waals surface area contributed by atoms with E-state index < -0.39 is 11.8 Å². The van der Waals surface area contributed by atoms with Crippen molar-refractivity contribution in [3.8, 4) is 0 Å². The summed E-state index contributed by atoms with van der Waals surface area (Å²) in [6.07, 6.45) is 2.09. The zero-order chi connectivity index (χ0) is 14.4. The number of carbonyl (C=O) groups is 2. The summed E-state index contributed by atoms with van der Waals surface area (Å²) in [5.74, 6) is -0.651. The van der Waals surface area contributed by atoms with E-state index in [0.29, 0.717) is 23.7 Å². The van der Waals surface area contributed by atoms with Crippen molar-refractivity contribution in [2.45, 2.75) is 6.42 Å². The number of benzene rings is 1. The molecule has 2 N–H and O–H groups in total. The topological polar surface area (TPSA) is 71.3 Å². The largest absolute Gasteiger partial charge is 0.469 e. The van der Waals surface area contributed by atoms with Gasteiger partial charge in [-0.1, -0.05) is 11.6 Å². The predicted octanol–water partition coefficient (Wildman–Crippen LogP) is 2.23. The summed E-state index contributed by atoms with van der Waals surface area (Å²) in [7, 11) is 0. The van der Waals surface area contributed by atoms with E-state index in [1.54, 1.807) is 42.7 Å². The third kappa shape index (κ3) is 4.13. The third-order valence-electron chi connectivity index (χ3n) is 2.55. The Morgan fingerprint density at radius 1 is 1.10 bits per heavy atom. The second kappa shape index (κ2) is 6.77. The maximum atomic E-state index is 11.6. The molecule has 1 aromatic heterocycles. The van der Waals surface area contributed by atoms with E-state index in [9.17, 15) is 9.59 Å². The molecule has 0 saturated heterocycles. The number of anilines is 1. The van der Waals surface area contributed by atoms with Crippen LogP contribution in [0, 0.1) is 0 Å². The molecule has 0 aliphatic rings. The Morgan fingerprint density at radius 3 is 2.50 bits per heavy atom. The van der Waals surface area contributed by atoms with Crippen LogP contribution in [-0.4, -0.2) is 18.4 Å². The van der Waals surface area contributed by atoms with E-state index in [2.05, 4.69) is 10.6 Å². The Balaban J connectivity index is 1.77. The fourth-order valence-corrected chi connectivity index (χ4v) is 1.68. The van der Waals surface area contributed by atoms with Gasteiger partial charge in [0.05, 0.1) is 6.26 Å². The van der Waals surface area contributed by atoms with Crippen molar-refractivity contribution in [2.75, 3.05) is 11.9 Å². The first-order chi connectivity index (χ1) is 9.65. The number of furan rings is 1. The number of rotatable bonds is 4. The monoisotopic (exact) mass is 292 g/mol. The fraction of sp³-hybridized carbons (Fsp3) is 0.143. The zero-order valence-corrected chi connectivity index (χ0v) is 11.3. The molecule has 0 unspecified atom stereocenters. The minimum Gasteiger partial charge on any atom is -0.469 e. The molecule has 0 saturated carbocycles. The molecule has 1 aromatic carbocycles. The Hall–Kier alpha value is -2.27. The molecule has 0 spiro atoms. The van der Waals surface area contributed by atoms with Crippen LogP contribution in [0.3, 0.4) is 0 Å². The van der Waals surface area contributed by atoms with Gasteiger partial charge in [-0.3, -0.25) is 9.59 Å². The summed E-state index contributed by atoms with van der Waals surface area (Å²) in [6, 6.07) is 10.1. The standard InChI is InChI=1S/C14H13ClN2O3/c15-10-3-5-11(6-4-10)17-14(19)13(18)16-8-7-12-2-1-9-20-12/h1-6,9H,7-8H2,(H,16,18)(H,17,19). The molecular formula is C14H13ClN2O3. The first kappa shape index (κ1) is 14.1. The van der Waals surface area contributed by atoms with Gasteiger partial charge in [-0.2, -0.15) is 0 Å². The quantitative estimate of drug-likeness (QED) is 0.849. The van der Waals surface area contributed by atoms with Gasteiger partial charge in [-0.05, 0) is 36.4 Å². The highest BCUT2D eigenvalue weighted by molar-refractivity contribution is 6.39. The van der Waals surface area contributed by atoms with Crippen LogP contribution in [0.1, 0.15) is 5.76 Å². The van der Waals surface area contributed by atoms with E-state index in [1.807, 2.05) is 0 Å². The third-order valence-corrected chi connectivity index (χ3v) is 2.80. The normalized spacial score (nSPS) is 10.1. The summed E-state index contributed by atoms with van der Waals surface area (Å²) in [5.41, 5.74) is 0.514. The molecule has 5 nitrogen and oxygen atoms in total. The van der Waals surface area contributed by atoms with Crippen LogP contribution in [-0.2, 0) is 16.0 Å². The molecule has 0 atom stereocenters. The molecule has 20 heavy (non-hydrogen) atoms. The molecule has 2 rings (SSSR count). The van der Waals surface area contributed by atoms with E-state index >= 15 is 0 Å². The molecule has 0 aliphatic carbocycles. The fourth-order valence-electron chi connectivity index (χ4n) is 1.56. The molecule has 104 valence electrons. The van der Waals surface area contributed by atoms with Gasteiger partial charge in [0.15, 0.2) is 0 Å². The van der Waals surface area contributed by atoms with Crippen LogP contribution < -0.4 is 10.6 Å². The van der Waals surface area contributed by atoms with Crippen LogP contribution >= 0.6 is 11.6 Å². The molecule has 0 radical (unpaired) electrons. The number of hydrogen-bond donors (Lipinski definition) is 2. The van der Waals surface area contributed by atoms with Crippen LogP contribution in [0.5, 0.6) is 0 Å². The van der Waals surface area contributed by atoms with Gasteiger partial charge >= 0.3 is 11.8 Å². The molecule has 6 heteroatoms. The number of nitrogens with one attached hydrogen (secondary N) is 2. The lowest BCUT2D eigenvalue weighted by atomic mass is 10.3. The highest BCUT2D eigenvalue weighted by Gasteiger charge is 2.13. The van der Waals surface area contributed by atoms with Gasteiger partial charge in [-0.15, -0.1) is 0 Å². The minimum absolute atomic E-state index is 0.334. The molecular weight excluding hydrogens is 280 g/mol. The summed E-state index contributed by atoms with van der Waals surface area (Å²) in [6.45, 7) is 0.334. The van der Waals surface area contributed by atoms with Crippen LogP contribution in [0.2, 0.25) is 5.02 Å². The number of hydrogen-bond acceptors (Lipinski definition) is 3. The summed E-state index contributed by atoms with van der Waals surface area (Å²) < 4.78 is 5.12. The highest BCUT2D eigenvalue weighted by atomic mass is 35.5. The molecule has 0 aliphatic heterocycles. The summed E-state index contributed by atoms with van der Waals surface area (Å²) >= 11 is 5.73. The van der Waals surface area contributed by atoms with Crippen molar-refractivity contribution in [3.63, 3.8) is 0 Å². The predicted molar refractivity (Wildman–Crippen MR) is 75.5 cm³/mol. The Morgan fingerprint density at radius 2 is 1.85 bits per heavy atom. The summed E-state index contributed by atoms with van der Waals surface area (Å²) in [5, 5.41) is 5.56. The van der Waals surface area contributed by atoms with Gasteiger partial charge < -0.3 is 15.1 Å². The first-order valence-electron chi connectivity index (χ1n) is 6.02. The van der Waals surface area contributed by atoms with Gasteiger partial charge in [0.25, 0.3) is 0 Å². The smallest absolute Gasteiger partial charge is 0.313 e. The SMILES string of the molecule is O=C(NCCc1ccco1)C(=O)Nc1ccc(Cl)cc1. The zero-order valence-electron chi connectivity index (χ0n) is 10.6. The van der Waals surface area contributed by atoms with Crippen LogP contribution in [0.15, 0.2) is 47.1 Å². The molecule has 2 amide bonds. The Labute approximate surface area is 120 Å². The van der Waals surface area contributed by atoms with Crippen molar-refractivity contribution < 1.29 is 14.0 Å². The van der Waals surface area contributed by atoms with Crippen LogP contribution in [0.25, 0.3) is 0 Å².